The van der Waals surface area contributed by atoms with Crippen LogP contribution in [-0.2, 0) is 14.3 Å². The Balaban J connectivity index is 2.21. The minimum absolute atomic E-state index is 0.105. The summed E-state index contributed by atoms with van der Waals surface area (Å²) < 4.78 is 9.98. The third kappa shape index (κ3) is 5.93. The van der Waals surface area contributed by atoms with E-state index in [4.69, 9.17) is 16.3 Å². The van der Waals surface area contributed by atoms with Crippen LogP contribution in [0.25, 0.3) is 0 Å². The summed E-state index contributed by atoms with van der Waals surface area (Å²) in [5, 5.41) is 3.13. The molecule has 0 spiro atoms. The smallest absolute Gasteiger partial charge is 0.325 e. The molecule has 0 aliphatic heterocycles. The fraction of sp³-hybridized carbons (Fsp3) is 0.429. The first kappa shape index (κ1) is 16.3. The molecule has 0 unspecified atom stereocenters. The average Bonchev–Trinajstić information content (AvgIpc) is 2.42. The number of aryl methyl sites for hydroxylation is 1. The van der Waals surface area contributed by atoms with Crippen LogP contribution in [0, 0.1) is 6.92 Å². The number of benzene rings is 1. The Kier molecular flexibility index (Phi) is 6.87. The van der Waals surface area contributed by atoms with Crippen molar-refractivity contribution < 1.29 is 19.1 Å². The number of carbonyl (C=O) groups excluding carboxylic acids is 2. The first-order chi connectivity index (χ1) is 9.52. The third-order valence-electron chi connectivity index (χ3n) is 2.60. The number of halogens is 1. The summed E-state index contributed by atoms with van der Waals surface area (Å²) in [6.07, 6.45) is 0.860. The van der Waals surface area contributed by atoms with Crippen molar-refractivity contribution in [2.24, 2.45) is 0 Å². The molecule has 0 radical (unpaired) electrons. The van der Waals surface area contributed by atoms with E-state index < -0.39 is 5.97 Å². The van der Waals surface area contributed by atoms with Crippen LogP contribution in [0.15, 0.2) is 18.2 Å². The lowest BCUT2D eigenvalue weighted by atomic mass is 10.2. The SMILES string of the molecule is COC(=O)CNC(=O)CCCOc1ccc(Cl)cc1C. The second-order valence-corrected chi connectivity index (χ2v) is 4.65. The normalized spacial score (nSPS) is 9.95. The summed E-state index contributed by atoms with van der Waals surface area (Å²) in [7, 11) is 1.27. The van der Waals surface area contributed by atoms with Crippen LogP contribution in [0.3, 0.4) is 0 Å². The summed E-state index contributed by atoms with van der Waals surface area (Å²) in [4.78, 5) is 22.2. The molecule has 0 aliphatic rings. The molecule has 0 saturated carbocycles. The molecule has 1 rings (SSSR count). The lowest BCUT2D eigenvalue weighted by Crippen LogP contribution is -2.30. The van der Waals surface area contributed by atoms with Gasteiger partial charge in [-0.25, -0.2) is 0 Å². The van der Waals surface area contributed by atoms with Crippen LogP contribution in [-0.4, -0.2) is 32.1 Å². The number of rotatable bonds is 7. The molecule has 1 aromatic carbocycles. The molecule has 0 bridgehead atoms. The van der Waals surface area contributed by atoms with E-state index >= 15 is 0 Å². The lowest BCUT2D eigenvalue weighted by Gasteiger charge is -2.09. The van der Waals surface area contributed by atoms with Crippen molar-refractivity contribution in [3.05, 3.63) is 28.8 Å². The van der Waals surface area contributed by atoms with Crippen LogP contribution < -0.4 is 10.1 Å². The van der Waals surface area contributed by atoms with E-state index in [9.17, 15) is 9.59 Å². The molecule has 0 aliphatic carbocycles. The maximum absolute atomic E-state index is 11.4. The monoisotopic (exact) mass is 299 g/mol. The van der Waals surface area contributed by atoms with E-state index in [1.807, 2.05) is 13.0 Å². The van der Waals surface area contributed by atoms with Crippen LogP contribution >= 0.6 is 11.6 Å². The van der Waals surface area contributed by atoms with Gasteiger partial charge in [0.15, 0.2) is 0 Å². The highest BCUT2D eigenvalue weighted by atomic mass is 35.5. The van der Waals surface area contributed by atoms with Gasteiger partial charge < -0.3 is 14.8 Å². The van der Waals surface area contributed by atoms with Crippen LogP contribution in [0.5, 0.6) is 5.75 Å². The molecule has 1 amide bonds. The molecule has 0 fully saturated rings. The average molecular weight is 300 g/mol. The molecule has 0 heterocycles. The lowest BCUT2D eigenvalue weighted by molar-refractivity contribution is -0.141. The van der Waals surface area contributed by atoms with E-state index in [0.717, 1.165) is 11.3 Å². The van der Waals surface area contributed by atoms with Crippen LogP contribution in [0.4, 0.5) is 0 Å². The van der Waals surface area contributed by atoms with E-state index in [1.165, 1.54) is 7.11 Å². The fourth-order valence-electron chi connectivity index (χ4n) is 1.52. The molecule has 1 aromatic rings. The molecule has 20 heavy (non-hydrogen) atoms. The maximum Gasteiger partial charge on any atom is 0.325 e. The Labute approximate surface area is 123 Å². The van der Waals surface area contributed by atoms with Crippen molar-refractivity contribution >= 4 is 23.5 Å². The predicted octanol–water partition coefficient (Wildman–Crippen LogP) is 2.10. The molecule has 5 nitrogen and oxygen atoms in total. The zero-order valence-corrected chi connectivity index (χ0v) is 12.3. The predicted molar refractivity (Wildman–Crippen MR) is 75.9 cm³/mol. The van der Waals surface area contributed by atoms with Crippen LogP contribution in [0.2, 0.25) is 5.02 Å². The quantitative estimate of drug-likeness (QED) is 0.618. The fourth-order valence-corrected chi connectivity index (χ4v) is 1.75. The summed E-state index contributed by atoms with van der Waals surface area (Å²) in [5.74, 6) is 0.0857. The molecule has 6 heteroatoms. The van der Waals surface area contributed by atoms with Gasteiger partial charge in [0.1, 0.15) is 12.3 Å². The summed E-state index contributed by atoms with van der Waals surface area (Å²) in [6, 6.07) is 5.38. The number of carbonyl (C=O) groups is 2. The Morgan fingerprint density at radius 3 is 2.75 bits per heavy atom. The molecule has 0 aromatic heterocycles. The van der Waals surface area contributed by atoms with Crippen molar-refractivity contribution in [3.8, 4) is 5.75 Å². The number of methoxy groups -OCH3 is 1. The zero-order chi connectivity index (χ0) is 15.0. The van der Waals surface area contributed by atoms with Crippen molar-refractivity contribution in [1.29, 1.82) is 0 Å². The summed E-state index contributed by atoms with van der Waals surface area (Å²) in [6.45, 7) is 2.23. The highest BCUT2D eigenvalue weighted by Crippen LogP contribution is 2.21. The molecule has 0 atom stereocenters. The Morgan fingerprint density at radius 1 is 1.35 bits per heavy atom. The molecule has 1 N–H and O–H groups in total. The zero-order valence-electron chi connectivity index (χ0n) is 11.6. The van der Waals surface area contributed by atoms with Gasteiger partial charge >= 0.3 is 5.97 Å². The number of amides is 1. The van der Waals surface area contributed by atoms with Gasteiger partial charge in [0.05, 0.1) is 13.7 Å². The van der Waals surface area contributed by atoms with Gasteiger partial charge in [0, 0.05) is 11.4 Å². The van der Waals surface area contributed by atoms with Gasteiger partial charge in [-0.05, 0) is 37.1 Å². The highest BCUT2D eigenvalue weighted by Gasteiger charge is 2.05. The van der Waals surface area contributed by atoms with E-state index in [-0.39, 0.29) is 12.5 Å². The number of hydrogen-bond donors (Lipinski definition) is 1. The molecular formula is C14H18ClNO4. The topological polar surface area (TPSA) is 64.6 Å². The molecule has 110 valence electrons. The third-order valence-corrected chi connectivity index (χ3v) is 2.84. The van der Waals surface area contributed by atoms with Gasteiger partial charge in [-0.3, -0.25) is 9.59 Å². The minimum Gasteiger partial charge on any atom is -0.493 e. The Bertz CT molecular complexity index is 476. The second-order valence-electron chi connectivity index (χ2n) is 4.21. The summed E-state index contributed by atoms with van der Waals surface area (Å²) in [5.41, 5.74) is 0.952. The Morgan fingerprint density at radius 2 is 2.10 bits per heavy atom. The van der Waals surface area contributed by atoms with Gasteiger partial charge in [-0.15, -0.1) is 0 Å². The first-order valence-corrected chi connectivity index (χ1v) is 6.63. The maximum atomic E-state index is 11.4. The highest BCUT2D eigenvalue weighted by molar-refractivity contribution is 6.30. The van der Waals surface area contributed by atoms with Crippen molar-refractivity contribution in [3.63, 3.8) is 0 Å². The van der Waals surface area contributed by atoms with Gasteiger partial charge in [0.25, 0.3) is 0 Å². The van der Waals surface area contributed by atoms with Crippen molar-refractivity contribution in [2.45, 2.75) is 19.8 Å². The number of esters is 1. The standard InChI is InChI=1S/C14H18ClNO4/c1-10-8-11(15)5-6-12(10)20-7-3-4-13(17)16-9-14(18)19-2/h5-6,8H,3-4,7,9H2,1-2H3,(H,16,17). The van der Waals surface area contributed by atoms with Crippen molar-refractivity contribution in [1.82, 2.24) is 5.32 Å². The Hall–Kier alpha value is -1.75. The number of nitrogens with one attached hydrogen (secondary N) is 1. The largest absolute Gasteiger partial charge is 0.493 e. The second kappa shape index (κ2) is 8.43. The summed E-state index contributed by atoms with van der Waals surface area (Å²) >= 11 is 5.85. The number of hydrogen-bond acceptors (Lipinski definition) is 4. The van der Waals surface area contributed by atoms with E-state index in [1.54, 1.807) is 12.1 Å². The first-order valence-electron chi connectivity index (χ1n) is 6.25. The van der Waals surface area contributed by atoms with Gasteiger partial charge in [0.2, 0.25) is 5.91 Å². The molecule has 0 saturated heterocycles. The number of ether oxygens (including phenoxy) is 2. The molecular weight excluding hydrogens is 282 g/mol. The van der Waals surface area contributed by atoms with Gasteiger partial charge in [-0.1, -0.05) is 11.6 Å². The van der Waals surface area contributed by atoms with Crippen LogP contribution in [0.1, 0.15) is 18.4 Å². The van der Waals surface area contributed by atoms with E-state index in [2.05, 4.69) is 10.1 Å². The minimum atomic E-state index is -0.466. The van der Waals surface area contributed by atoms with E-state index in [0.29, 0.717) is 24.5 Å². The van der Waals surface area contributed by atoms with Crippen molar-refractivity contribution in [2.75, 3.05) is 20.3 Å². The van der Waals surface area contributed by atoms with Gasteiger partial charge in [-0.2, -0.15) is 0 Å².